The Morgan fingerprint density at radius 1 is 0.537 bits per heavy atom. The maximum atomic E-state index is 13.8. The molecule has 1 aliphatic heterocycles. The van der Waals surface area contributed by atoms with Crippen LogP contribution in [0.5, 0.6) is 0 Å². The van der Waals surface area contributed by atoms with Gasteiger partial charge in [0.15, 0.2) is 0 Å². The van der Waals surface area contributed by atoms with Crippen molar-refractivity contribution in [3.8, 4) is 0 Å². The molecule has 0 spiro atoms. The summed E-state index contributed by atoms with van der Waals surface area (Å²) in [5.74, 6) is -2.60. The van der Waals surface area contributed by atoms with Gasteiger partial charge in [-0.05, 0) is 34.7 Å². The van der Waals surface area contributed by atoms with Gasteiger partial charge in [0.25, 0.3) is 10.1 Å². The molecule has 1 aliphatic rings. The van der Waals surface area contributed by atoms with Crippen LogP contribution < -0.4 is 0 Å². The lowest BCUT2D eigenvalue weighted by Crippen LogP contribution is -2.70. The van der Waals surface area contributed by atoms with Gasteiger partial charge in [0, 0.05) is 0 Å². The number of benzene rings is 5. The molecule has 1 heterocycles. The summed E-state index contributed by atoms with van der Waals surface area (Å²) in [7, 11) is -4.23. The lowest BCUT2D eigenvalue weighted by atomic mass is 9.92. The van der Waals surface area contributed by atoms with Crippen LogP contribution in [-0.2, 0) is 75.8 Å². The van der Waals surface area contributed by atoms with Crippen molar-refractivity contribution < 1.29 is 41.0 Å². The lowest BCUT2D eigenvalue weighted by Gasteiger charge is -2.52. The summed E-state index contributed by atoms with van der Waals surface area (Å²) < 4.78 is 73.3. The van der Waals surface area contributed by atoms with E-state index in [9.17, 15) is 8.42 Å². The van der Waals surface area contributed by atoms with E-state index < -0.39 is 46.1 Å². The van der Waals surface area contributed by atoms with E-state index in [1.165, 1.54) is 0 Å². The van der Waals surface area contributed by atoms with Crippen molar-refractivity contribution in [2.45, 2.75) is 70.2 Å². The standard InChI is InChI=1S/C44H48O9S/c1-2-52-54(45,46)34-44(51-32-39-26-16-7-17-27-39)43(50-31-38-24-14-6-15-25-38)42(49-30-37-22-12-5-13-23-37)41(48-29-36-20-10-4-11-21-36)40(53-44)33-47-28-35-18-8-3-9-19-35/h3-27,40-43H,2,28-34H2,1H3/t40-,41-,42+,43-,44+/m1/s1. The first kappa shape index (κ1) is 39.5. The van der Waals surface area contributed by atoms with Crippen LogP contribution in [0.3, 0.4) is 0 Å². The van der Waals surface area contributed by atoms with Gasteiger partial charge in [0.1, 0.15) is 30.2 Å². The van der Waals surface area contributed by atoms with Crippen molar-refractivity contribution >= 4 is 10.1 Å². The Hall–Kier alpha value is -4.23. The minimum absolute atomic E-state index is 0.0201. The predicted octanol–water partition coefficient (Wildman–Crippen LogP) is 7.64. The molecule has 0 bridgehead atoms. The first-order chi connectivity index (χ1) is 26.4. The first-order valence-electron chi connectivity index (χ1n) is 18.2. The molecule has 5 atom stereocenters. The fraction of sp³-hybridized carbons (Fsp3) is 0.318. The molecular weight excluding hydrogens is 705 g/mol. The topological polar surface area (TPSA) is 98.8 Å². The Labute approximate surface area is 318 Å². The molecule has 0 aliphatic carbocycles. The molecule has 6 rings (SSSR count). The molecule has 0 saturated carbocycles. The summed E-state index contributed by atoms with van der Waals surface area (Å²) in [6.45, 7) is 2.45. The number of hydrogen-bond donors (Lipinski definition) is 0. The second-order valence-electron chi connectivity index (χ2n) is 13.1. The highest BCUT2D eigenvalue weighted by Crippen LogP contribution is 2.40. The van der Waals surface area contributed by atoms with Gasteiger partial charge in [-0.3, -0.25) is 4.18 Å². The van der Waals surface area contributed by atoms with Gasteiger partial charge >= 0.3 is 0 Å². The SMILES string of the molecule is CCOS(=O)(=O)C[C@]1(OCc2ccccc2)O[C@H](COCc2ccccc2)[C@@H](OCc2ccccc2)[C@H](OCc2ccccc2)[C@H]1OCc1ccccc1. The van der Waals surface area contributed by atoms with E-state index >= 15 is 0 Å². The molecule has 1 saturated heterocycles. The van der Waals surface area contributed by atoms with Crippen molar-refractivity contribution in [2.75, 3.05) is 19.0 Å². The summed E-state index contributed by atoms with van der Waals surface area (Å²) >= 11 is 0. The van der Waals surface area contributed by atoms with Crippen LogP contribution in [0.4, 0.5) is 0 Å². The van der Waals surface area contributed by atoms with Crippen molar-refractivity contribution in [1.29, 1.82) is 0 Å². The zero-order valence-corrected chi connectivity index (χ0v) is 31.3. The zero-order valence-electron chi connectivity index (χ0n) is 30.5. The summed E-state index contributed by atoms with van der Waals surface area (Å²) in [4.78, 5) is 0. The minimum atomic E-state index is -4.23. The highest BCUT2D eigenvalue weighted by Gasteiger charge is 2.60. The Bertz CT molecular complexity index is 1900. The molecule has 0 amide bonds. The smallest absolute Gasteiger partial charge is 0.272 e. The van der Waals surface area contributed by atoms with Crippen LogP contribution in [0.1, 0.15) is 34.7 Å². The van der Waals surface area contributed by atoms with E-state index in [-0.39, 0.29) is 39.6 Å². The Balaban J connectivity index is 1.44. The molecule has 5 aromatic rings. The Kier molecular flexibility index (Phi) is 14.5. The molecular formula is C44H48O9S. The predicted molar refractivity (Wildman–Crippen MR) is 205 cm³/mol. The molecule has 284 valence electrons. The van der Waals surface area contributed by atoms with Crippen LogP contribution in [0.25, 0.3) is 0 Å². The molecule has 0 radical (unpaired) electrons. The van der Waals surface area contributed by atoms with E-state index in [0.29, 0.717) is 6.61 Å². The van der Waals surface area contributed by atoms with Crippen molar-refractivity contribution in [2.24, 2.45) is 0 Å². The monoisotopic (exact) mass is 752 g/mol. The number of rotatable bonds is 20. The Morgan fingerprint density at radius 2 is 0.944 bits per heavy atom. The molecule has 54 heavy (non-hydrogen) atoms. The van der Waals surface area contributed by atoms with Gasteiger partial charge in [-0.15, -0.1) is 0 Å². The highest BCUT2D eigenvalue weighted by molar-refractivity contribution is 7.86. The number of ether oxygens (including phenoxy) is 6. The third kappa shape index (κ3) is 11.4. The summed E-state index contributed by atoms with van der Waals surface area (Å²) in [5, 5.41) is 0. The highest BCUT2D eigenvalue weighted by atomic mass is 32.2. The van der Waals surface area contributed by atoms with Crippen LogP contribution in [0, 0.1) is 0 Å². The minimum Gasteiger partial charge on any atom is -0.374 e. The molecule has 0 aromatic heterocycles. The summed E-state index contributed by atoms with van der Waals surface area (Å²) in [5.41, 5.74) is 4.53. The van der Waals surface area contributed by atoms with E-state index in [1.807, 2.05) is 152 Å². The number of hydrogen-bond acceptors (Lipinski definition) is 9. The molecule has 5 aromatic carbocycles. The molecule has 0 unspecified atom stereocenters. The normalized spacial score (nSPS) is 21.5. The average Bonchev–Trinajstić information content (AvgIpc) is 3.20. The summed E-state index contributed by atoms with van der Waals surface area (Å²) in [6, 6.07) is 48.5. The van der Waals surface area contributed by atoms with E-state index in [1.54, 1.807) is 6.92 Å². The van der Waals surface area contributed by atoms with Gasteiger partial charge < -0.3 is 28.4 Å². The maximum absolute atomic E-state index is 13.8. The maximum Gasteiger partial charge on any atom is 0.272 e. The first-order valence-corrected chi connectivity index (χ1v) is 19.8. The molecule has 10 heteroatoms. The second-order valence-corrected chi connectivity index (χ2v) is 14.7. The fourth-order valence-corrected chi connectivity index (χ4v) is 7.69. The van der Waals surface area contributed by atoms with Crippen molar-refractivity contribution in [1.82, 2.24) is 0 Å². The van der Waals surface area contributed by atoms with Crippen molar-refractivity contribution in [3.05, 3.63) is 179 Å². The zero-order chi connectivity index (χ0) is 37.5. The quantitative estimate of drug-likeness (QED) is 0.0744. The van der Waals surface area contributed by atoms with Gasteiger partial charge in [0.05, 0.1) is 46.2 Å². The van der Waals surface area contributed by atoms with Gasteiger partial charge in [-0.1, -0.05) is 152 Å². The van der Waals surface area contributed by atoms with Crippen LogP contribution in [-0.4, -0.2) is 57.6 Å². The molecule has 1 fully saturated rings. The van der Waals surface area contributed by atoms with Crippen molar-refractivity contribution in [3.63, 3.8) is 0 Å². The van der Waals surface area contributed by atoms with Gasteiger partial charge in [-0.2, -0.15) is 8.42 Å². The Morgan fingerprint density at radius 3 is 1.41 bits per heavy atom. The van der Waals surface area contributed by atoms with Crippen LogP contribution >= 0.6 is 0 Å². The van der Waals surface area contributed by atoms with Gasteiger partial charge in [0.2, 0.25) is 5.79 Å². The van der Waals surface area contributed by atoms with Gasteiger partial charge in [-0.25, -0.2) is 0 Å². The second kappa shape index (κ2) is 19.9. The van der Waals surface area contributed by atoms with Crippen LogP contribution in [0.15, 0.2) is 152 Å². The average molecular weight is 753 g/mol. The van der Waals surface area contributed by atoms with Crippen LogP contribution in [0.2, 0.25) is 0 Å². The van der Waals surface area contributed by atoms with E-state index in [4.69, 9.17) is 32.6 Å². The molecule has 0 N–H and O–H groups in total. The molecule has 9 nitrogen and oxygen atoms in total. The van der Waals surface area contributed by atoms with E-state index in [0.717, 1.165) is 27.8 Å². The summed E-state index contributed by atoms with van der Waals surface area (Å²) in [6.07, 6.45) is -3.66. The van der Waals surface area contributed by atoms with E-state index in [2.05, 4.69) is 0 Å². The third-order valence-corrected chi connectivity index (χ3v) is 10.4. The largest absolute Gasteiger partial charge is 0.374 e. The third-order valence-electron chi connectivity index (χ3n) is 9.01. The fourth-order valence-electron chi connectivity index (χ4n) is 6.44. The lowest BCUT2D eigenvalue weighted by molar-refractivity contribution is -0.377.